The van der Waals surface area contributed by atoms with E-state index in [2.05, 4.69) is 56.2 Å². The molecule has 2 heterocycles. The Morgan fingerprint density at radius 2 is 2.24 bits per heavy atom. The zero-order valence-electron chi connectivity index (χ0n) is 9.86. The molecule has 0 saturated heterocycles. The Morgan fingerprint density at radius 3 is 2.94 bits per heavy atom. The van der Waals surface area contributed by atoms with Crippen LogP contribution >= 0.6 is 15.9 Å². The van der Waals surface area contributed by atoms with Gasteiger partial charge in [0, 0.05) is 25.5 Å². The SMILES string of the molecule is CCCn1ccc(CNc2ccc(Br)nc2)c1. The number of pyridine rings is 1. The Bertz CT molecular complexity index is 462. The smallest absolute Gasteiger partial charge is 0.106 e. The maximum Gasteiger partial charge on any atom is 0.106 e. The second-order valence-electron chi connectivity index (χ2n) is 3.98. The van der Waals surface area contributed by atoms with E-state index in [4.69, 9.17) is 0 Å². The number of anilines is 1. The first kappa shape index (κ1) is 12.2. The van der Waals surface area contributed by atoms with Crippen molar-refractivity contribution in [2.45, 2.75) is 26.4 Å². The third kappa shape index (κ3) is 3.60. The first-order valence-corrected chi connectivity index (χ1v) is 6.57. The summed E-state index contributed by atoms with van der Waals surface area (Å²) in [6, 6.07) is 6.10. The number of halogens is 1. The standard InChI is InChI=1S/C13H16BrN3/c1-2-6-17-7-5-11(10-17)8-15-12-3-4-13(14)16-9-12/h3-5,7,9-10,15H,2,6,8H2,1H3. The molecule has 0 aliphatic carbocycles. The minimum Gasteiger partial charge on any atom is -0.380 e. The molecule has 0 saturated carbocycles. The highest BCUT2D eigenvalue weighted by atomic mass is 79.9. The molecule has 0 fully saturated rings. The second-order valence-corrected chi connectivity index (χ2v) is 4.79. The van der Waals surface area contributed by atoms with Gasteiger partial charge in [-0.05, 0) is 46.1 Å². The normalized spacial score (nSPS) is 10.5. The van der Waals surface area contributed by atoms with Crippen molar-refractivity contribution in [3.63, 3.8) is 0 Å². The molecular weight excluding hydrogens is 278 g/mol. The van der Waals surface area contributed by atoms with E-state index in [0.29, 0.717) is 0 Å². The summed E-state index contributed by atoms with van der Waals surface area (Å²) >= 11 is 3.32. The summed E-state index contributed by atoms with van der Waals surface area (Å²) in [7, 11) is 0. The third-order valence-corrected chi connectivity index (χ3v) is 2.99. The van der Waals surface area contributed by atoms with Gasteiger partial charge in [0.15, 0.2) is 0 Å². The Kier molecular flexibility index (Phi) is 4.20. The molecule has 2 aromatic rings. The molecule has 2 aromatic heterocycles. The maximum atomic E-state index is 4.18. The van der Waals surface area contributed by atoms with Crippen molar-refractivity contribution < 1.29 is 0 Å². The number of hydrogen-bond donors (Lipinski definition) is 1. The highest BCUT2D eigenvalue weighted by Crippen LogP contribution is 2.12. The van der Waals surface area contributed by atoms with Crippen LogP contribution in [0.3, 0.4) is 0 Å². The molecule has 4 heteroatoms. The molecule has 2 rings (SSSR count). The monoisotopic (exact) mass is 293 g/mol. The summed E-state index contributed by atoms with van der Waals surface area (Å²) in [5, 5.41) is 3.35. The van der Waals surface area contributed by atoms with E-state index in [1.807, 2.05) is 18.3 Å². The number of hydrogen-bond acceptors (Lipinski definition) is 2. The molecule has 17 heavy (non-hydrogen) atoms. The number of rotatable bonds is 5. The van der Waals surface area contributed by atoms with Crippen LogP contribution in [0, 0.1) is 0 Å². The van der Waals surface area contributed by atoms with E-state index in [1.165, 1.54) is 5.56 Å². The molecule has 1 N–H and O–H groups in total. The molecule has 0 aliphatic rings. The van der Waals surface area contributed by atoms with Crippen LogP contribution in [0.15, 0.2) is 41.4 Å². The molecule has 0 atom stereocenters. The first-order chi connectivity index (χ1) is 8.28. The van der Waals surface area contributed by atoms with E-state index in [0.717, 1.165) is 29.8 Å². The average Bonchev–Trinajstić information content (AvgIpc) is 2.77. The quantitative estimate of drug-likeness (QED) is 0.853. The molecule has 3 nitrogen and oxygen atoms in total. The van der Waals surface area contributed by atoms with Crippen molar-refractivity contribution >= 4 is 21.6 Å². The summed E-state index contributed by atoms with van der Waals surface area (Å²) in [6.45, 7) is 4.10. The summed E-state index contributed by atoms with van der Waals surface area (Å²) in [5.41, 5.74) is 2.33. The van der Waals surface area contributed by atoms with Crippen LogP contribution in [-0.2, 0) is 13.1 Å². The van der Waals surface area contributed by atoms with Crippen molar-refractivity contribution in [2.24, 2.45) is 0 Å². The minimum atomic E-state index is 0.833. The van der Waals surface area contributed by atoms with Gasteiger partial charge in [0.05, 0.1) is 11.9 Å². The number of nitrogens with one attached hydrogen (secondary N) is 1. The molecule has 0 spiro atoms. The van der Waals surface area contributed by atoms with Crippen LogP contribution in [0.2, 0.25) is 0 Å². The molecule has 0 radical (unpaired) electrons. The number of aromatic nitrogens is 2. The Hall–Kier alpha value is -1.29. The number of nitrogens with zero attached hydrogens (tertiary/aromatic N) is 2. The van der Waals surface area contributed by atoms with Crippen LogP contribution in [0.25, 0.3) is 0 Å². The molecular formula is C13H16BrN3. The van der Waals surface area contributed by atoms with Gasteiger partial charge in [-0.1, -0.05) is 6.92 Å². The summed E-state index contributed by atoms with van der Waals surface area (Å²) in [5.74, 6) is 0. The summed E-state index contributed by atoms with van der Waals surface area (Å²) in [4.78, 5) is 4.18. The van der Waals surface area contributed by atoms with Gasteiger partial charge in [-0.15, -0.1) is 0 Å². The average molecular weight is 294 g/mol. The molecule has 0 aromatic carbocycles. The van der Waals surface area contributed by atoms with Gasteiger partial charge in [-0.25, -0.2) is 4.98 Å². The summed E-state index contributed by atoms with van der Waals surface area (Å²) in [6.07, 6.45) is 7.30. The van der Waals surface area contributed by atoms with Gasteiger partial charge in [-0.3, -0.25) is 0 Å². The Labute approximate surface area is 110 Å². The molecule has 0 unspecified atom stereocenters. The van der Waals surface area contributed by atoms with Crippen LogP contribution in [-0.4, -0.2) is 9.55 Å². The topological polar surface area (TPSA) is 29.9 Å². The van der Waals surface area contributed by atoms with Crippen molar-refractivity contribution in [3.8, 4) is 0 Å². The third-order valence-electron chi connectivity index (χ3n) is 2.52. The fourth-order valence-corrected chi connectivity index (χ4v) is 1.91. The fourth-order valence-electron chi connectivity index (χ4n) is 1.68. The lowest BCUT2D eigenvalue weighted by Gasteiger charge is -2.04. The van der Waals surface area contributed by atoms with E-state index in [1.54, 1.807) is 0 Å². The van der Waals surface area contributed by atoms with Crippen molar-refractivity contribution in [1.82, 2.24) is 9.55 Å². The van der Waals surface area contributed by atoms with Crippen LogP contribution in [0.4, 0.5) is 5.69 Å². The molecule has 0 bridgehead atoms. The van der Waals surface area contributed by atoms with E-state index >= 15 is 0 Å². The van der Waals surface area contributed by atoms with Crippen molar-refractivity contribution in [2.75, 3.05) is 5.32 Å². The molecule has 0 amide bonds. The fraction of sp³-hybridized carbons (Fsp3) is 0.308. The Balaban J connectivity index is 1.90. The van der Waals surface area contributed by atoms with Crippen LogP contribution in [0.5, 0.6) is 0 Å². The van der Waals surface area contributed by atoms with Gasteiger partial charge < -0.3 is 9.88 Å². The van der Waals surface area contributed by atoms with E-state index < -0.39 is 0 Å². The van der Waals surface area contributed by atoms with Crippen LogP contribution < -0.4 is 5.32 Å². The zero-order chi connectivity index (χ0) is 12.1. The highest BCUT2D eigenvalue weighted by molar-refractivity contribution is 9.10. The minimum absolute atomic E-state index is 0.833. The lowest BCUT2D eigenvalue weighted by molar-refractivity contribution is 0.681. The molecule has 90 valence electrons. The lowest BCUT2D eigenvalue weighted by Crippen LogP contribution is -1.99. The second kappa shape index (κ2) is 5.87. The first-order valence-electron chi connectivity index (χ1n) is 5.78. The van der Waals surface area contributed by atoms with Gasteiger partial charge in [-0.2, -0.15) is 0 Å². The number of aryl methyl sites for hydroxylation is 1. The van der Waals surface area contributed by atoms with Gasteiger partial charge in [0.1, 0.15) is 4.60 Å². The van der Waals surface area contributed by atoms with Gasteiger partial charge >= 0.3 is 0 Å². The van der Waals surface area contributed by atoms with Crippen molar-refractivity contribution in [1.29, 1.82) is 0 Å². The predicted molar refractivity (Wildman–Crippen MR) is 74.0 cm³/mol. The van der Waals surface area contributed by atoms with Gasteiger partial charge in [0.25, 0.3) is 0 Å². The lowest BCUT2D eigenvalue weighted by atomic mass is 10.3. The zero-order valence-corrected chi connectivity index (χ0v) is 11.4. The maximum absolute atomic E-state index is 4.18. The van der Waals surface area contributed by atoms with E-state index in [-0.39, 0.29) is 0 Å². The van der Waals surface area contributed by atoms with Crippen LogP contribution in [0.1, 0.15) is 18.9 Å². The predicted octanol–water partition coefficient (Wildman–Crippen LogP) is 3.67. The largest absolute Gasteiger partial charge is 0.380 e. The Morgan fingerprint density at radius 1 is 1.35 bits per heavy atom. The summed E-state index contributed by atoms with van der Waals surface area (Å²) < 4.78 is 3.08. The van der Waals surface area contributed by atoms with Crippen molar-refractivity contribution in [3.05, 3.63) is 47.0 Å². The van der Waals surface area contributed by atoms with E-state index in [9.17, 15) is 0 Å². The molecule has 0 aliphatic heterocycles. The highest BCUT2D eigenvalue weighted by Gasteiger charge is 1.97. The van der Waals surface area contributed by atoms with Gasteiger partial charge in [0.2, 0.25) is 0 Å².